The van der Waals surface area contributed by atoms with Crippen molar-refractivity contribution in [3.05, 3.63) is 44.7 Å². The maximum Gasteiger partial charge on any atom is 0.158 e. The first-order valence-corrected chi connectivity index (χ1v) is 7.58. The number of fused-ring (bicyclic) bond motifs is 2. The van der Waals surface area contributed by atoms with Crippen molar-refractivity contribution in [2.75, 3.05) is 0 Å². The highest BCUT2D eigenvalue weighted by Crippen LogP contribution is 2.16. The largest absolute Gasteiger partial charge is 0.345 e. The van der Waals surface area contributed by atoms with E-state index in [-0.39, 0.29) is 0 Å². The highest BCUT2D eigenvalue weighted by Gasteiger charge is 2.02. The van der Waals surface area contributed by atoms with Crippen molar-refractivity contribution in [1.29, 1.82) is 0 Å². The van der Waals surface area contributed by atoms with Gasteiger partial charge in [-0.2, -0.15) is 0 Å². The molecule has 0 saturated heterocycles. The van der Waals surface area contributed by atoms with Gasteiger partial charge in [0, 0.05) is 12.4 Å². The maximum atomic E-state index is 5.63. The Morgan fingerprint density at radius 1 is 0.952 bits per heavy atom. The van der Waals surface area contributed by atoms with Crippen LogP contribution in [0.2, 0.25) is 10.3 Å². The zero-order chi connectivity index (χ0) is 14.8. The van der Waals surface area contributed by atoms with E-state index in [1.807, 2.05) is 12.3 Å². The average Bonchev–Trinajstić information content (AvgIpc) is 3.06. The molecule has 4 heterocycles. The standard InChI is InChI=1S/C6H3ClIN3.C6H4ClN3/c7-4-2-9-5-3(8)1-10-6(5)11-4;7-5-3-9-4-1-2-8-6(4)10-5/h1-2H,(H,10,11);1-3H,(H,8,10). The second-order valence-corrected chi connectivity index (χ2v) is 5.87. The minimum atomic E-state index is 0.412. The zero-order valence-corrected chi connectivity index (χ0v) is 14.0. The third kappa shape index (κ3) is 3.25. The molecule has 0 fully saturated rings. The average molecular weight is 433 g/mol. The second kappa shape index (κ2) is 6.12. The summed E-state index contributed by atoms with van der Waals surface area (Å²) in [4.78, 5) is 22.0. The molecular weight excluding hydrogens is 426 g/mol. The van der Waals surface area contributed by atoms with E-state index in [9.17, 15) is 0 Å². The van der Waals surface area contributed by atoms with Crippen LogP contribution in [0.4, 0.5) is 0 Å². The number of rotatable bonds is 0. The molecule has 4 rings (SSSR count). The first-order chi connectivity index (χ1) is 10.1. The maximum absolute atomic E-state index is 5.63. The lowest BCUT2D eigenvalue weighted by Gasteiger charge is -1.88. The van der Waals surface area contributed by atoms with E-state index in [2.05, 4.69) is 52.5 Å². The number of H-pyrrole nitrogens is 2. The summed E-state index contributed by atoms with van der Waals surface area (Å²) in [6.45, 7) is 0. The minimum absolute atomic E-state index is 0.412. The fourth-order valence-corrected chi connectivity index (χ4v) is 2.46. The third-order valence-electron chi connectivity index (χ3n) is 2.54. The number of aromatic nitrogens is 6. The second-order valence-electron chi connectivity index (χ2n) is 3.93. The molecule has 0 spiro atoms. The van der Waals surface area contributed by atoms with Gasteiger partial charge in [-0.3, -0.25) is 0 Å². The van der Waals surface area contributed by atoms with Crippen LogP contribution >= 0.6 is 45.8 Å². The van der Waals surface area contributed by atoms with Crippen molar-refractivity contribution in [1.82, 2.24) is 29.9 Å². The Bertz CT molecular complexity index is 903. The lowest BCUT2D eigenvalue weighted by Crippen LogP contribution is -1.81. The monoisotopic (exact) mass is 432 g/mol. The molecule has 0 aromatic carbocycles. The molecule has 4 aromatic rings. The van der Waals surface area contributed by atoms with Crippen molar-refractivity contribution in [3.8, 4) is 0 Å². The van der Waals surface area contributed by atoms with E-state index >= 15 is 0 Å². The fourth-order valence-electron chi connectivity index (χ4n) is 1.65. The van der Waals surface area contributed by atoms with Crippen LogP contribution in [0.3, 0.4) is 0 Å². The van der Waals surface area contributed by atoms with Gasteiger partial charge >= 0.3 is 0 Å². The van der Waals surface area contributed by atoms with Crippen LogP contribution in [-0.2, 0) is 0 Å². The van der Waals surface area contributed by atoms with Gasteiger partial charge in [-0.15, -0.1) is 0 Å². The van der Waals surface area contributed by atoms with Gasteiger partial charge in [0.1, 0.15) is 21.3 Å². The molecular formula is C12H7Cl2IN6. The van der Waals surface area contributed by atoms with Crippen molar-refractivity contribution in [3.63, 3.8) is 0 Å². The minimum Gasteiger partial charge on any atom is -0.345 e. The summed E-state index contributed by atoms with van der Waals surface area (Å²) in [5, 5.41) is 0.825. The van der Waals surface area contributed by atoms with E-state index in [0.29, 0.717) is 10.3 Å². The molecule has 106 valence electrons. The fraction of sp³-hybridized carbons (Fsp3) is 0. The molecule has 0 aliphatic heterocycles. The number of halogens is 3. The van der Waals surface area contributed by atoms with Crippen molar-refractivity contribution in [2.24, 2.45) is 0 Å². The quantitative estimate of drug-likeness (QED) is 0.413. The Labute approximate surface area is 142 Å². The molecule has 4 aromatic heterocycles. The van der Waals surface area contributed by atoms with Crippen molar-refractivity contribution >= 4 is 68.1 Å². The summed E-state index contributed by atoms with van der Waals surface area (Å²) in [6, 6.07) is 1.85. The first-order valence-electron chi connectivity index (χ1n) is 5.74. The van der Waals surface area contributed by atoms with Crippen LogP contribution in [-0.4, -0.2) is 29.9 Å². The number of nitrogens with zero attached hydrogens (tertiary/aromatic N) is 4. The van der Waals surface area contributed by atoms with Gasteiger partial charge in [0.25, 0.3) is 0 Å². The van der Waals surface area contributed by atoms with Crippen LogP contribution in [0.15, 0.2) is 30.9 Å². The molecule has 0 aliphatic carbocycles. The molecule has 0 amide bonds. The van der Waals surface area contributed by atoms with Crippen LogP contribution in [0.1, 0.15) is 0 Å². The van der Waals surface area contributed by atoms with Gasteiger partial charge in [0.2, 0.25) is 0 Å². The highest BCUT2D eigenvalue weighted by atomic mass is 127. The topological polar surface area (TPSA) is 83.1 Å². The van der Waals surface area contributed by atoms with Gasteiger partial charge in [-0.05, 0) is 28.7 Å². The Morgan fingerprint density at radius 3 is 2.48 bits per heavy atom. The number of hydrogen-bond donors (Lipinski definition) is 2. The van der Waals surface area contributed by atoms with E-state index < -0.39 is 0 Å². The lowest BCUT2D eigenvalue weighted by atomic mass is 10.5. The molecule has 0 aliphatic rings. The van der Waals surface area contributed by atoms with Crippen LogP contribution in [0.25, 0.3) is 22.3 Å². The van der Waals surface area contributed by atoms with Crippen LogP contribution < -0.4 is 0 Å². The zero-order valence-electron chi connectivity index (χ0n) is 10.3. The Morgan fingerprint density at radius 2 is 1.67 bits per heavy atom. The Hall–Kier alpha value is -1.45. The van der Waals surface area contributed by atoms with Crippen LogP contribution in [0, 0.1) is 3.57 Å². The van der Waals surface area contributed by atoms with E-state index in [1.165, 1.54) is 6.20 Å². The number of aromatic amines is 2. The molecule has 6 nitrogen and oxygen atoms in total. The van der Waals surface area contributed by atoms with Crippen molar-refractivity contribution < 1.29 is 0 Å². The van der Waals surface area contributed by atoms with Gasteiger partial charge in [0.05, 0.1) is 16.0 Å². The predicted octanol–water partition coefficient (Wildman–Crippen LogP) is 3.83. The Balaban J connectivity index is 0.000000126. The summed E-state index contributed by atoms with van der Waals surface area (Å²) >= 11 is 13.4. The van der Waals surface area contributed by atoms with Crippen LogP contribution in [0.5, 0.6) is 0 Å². The van der Waals surface area contributed by atoms with Gasteiger partial charge < -0.3 is 9.97 Å². The molecule has 21 heavy (non-hydrogen) atoms. The van der Waals surface area contributed by atoms with E-state index in [0.717, 1.165) is 25.9 Å². The Kier molecular flexibility index (Phi) is 4.22. The van der Waals surface area contributed by atoms with Gasteiger partial charge in [-0.1, -0.05) is 23.2 Å². The SMILES string of the molecule is Clc1cnc2c(I)c[nH]c2n1.Clc1cnc2cc[nH]c2n1. The summed E-state index contributed by atoms with van der Waals surface area (Å²) < 4.78 is 1.06. The molecule has 0 saturated carbocycles. The molecule has 2 N–H and O–H groups in total. The molecule has 0 atom stereocenters. The van der Waals surface area contributed by atoms with Gasteiger partial charge in [-0.25, -0.2) is 19.9 Å². The first kappa shape index (κ1) is 14.5. The molecule has 0 radical (unpaired) electrons. The van der Waals surface area contributed by atoms with Crippen molar-refractivity contribution in [2.45, 2.75) is 0 Å². The summed E-state index contributed by atoms with van der Waals surface area (Å²) in [7, 11) is 0. The smallest absolute Gasteiger partial charge is 0.158 e. The predicted molar refractivity (Wildman–Crippen MR) is 90.5 cm³/mol. The van der Waals surface area contributed by atoms with E-state index in [4.69, 9.17) is 23.2 Å². The molecule has 9 heteroatoms. The number of nitrogens with one attached hydrogen (secondary N) is 2. The summed E-state index contributed by atoms with van der Waals surface area (Å²) in [5.74, 6) is 0. The van der Waals surface area contributed by atoms with E-state index in [1.54, 1.807) is 12.4 Å². The van der Waals surface area contributed by atoms with Gasteiger partial charge in [0.15, 0.2) is 11.3 Å². The highest BCUT2D eigenvalue weighted by molar-refractivity contribution is 14.1. The number of hydrogen-bond acceptors (Lipinski definition) is 4. The molecule has 0 bridgehead atoms. The third-order valence-corrected chi connectivity index (χ3v) is 3.72. The lowest BCUT2D eigenvalue weighted by molar-refractivity contribution is 1.26. The normalized spacial score (nSPS) is 10.6. The summed E-state index contributed by atoms with van der Waals surface area (Å²) in [5.41, 5.74) is 3.17. The molecule has 0 unspecified atom stereocenters. The summed E-state index contributed by atoms with van der Waals surface area (Å²) in [6.07, 6.45) is 6.69.